The quantitative estimate of drug-likeness (QED) is 0.770. The summed E-state index contributed by atoms with van der Waals surface area (Å²) in [4.78, 5) is 11.5. The highest BCUT2D eigenvalue weighted by Gasteiger charge is 2.25. The van der Waals surface area contributed by atoms with E-state index in [0.29, 0.717) is 12.0 Å². The summed E-state index contributed by atoms with van der Waals surface area (Å²) in [6.45, 7) is 4.18. The molecule has 0 aromatic carbocycles. The standard InChI is InChI=1S/C11H20N2O2.ClH/c1-8-3-2-4-10(8)13-11(14)7-15-9-5-12-6-9;/h8-10,12H,2-7H2,1H3,(H,13,14);1H. The van der Waals surface area contributed by atoms with Crippen LogP contribution < -0.4 is 10.6 Å². The van der Waals surface area contributed by atoms with Crippen LogP contribution in [0.25, 0.3) is 0 Å². The smallest absolute Gasteiger partial charge is 0.246 e. The number of ether oxygens (including phenoxy) is 1. The summed E-state index contributed by atoms with van der Waals surface area (Å²) < 4.78 is 5.41. The van der Waals surface area contributed by atoms with Gasteiger partial charge in [-0.25, -0.2) is 0 Å². The van der Waals surface area contributed by atoms with Crippen molar-refractivity contribution in [2.24, 2.45) is 5.92 Å². The van der Waals surface area contributed by atoms with E-state index in [1.54, 1.807) is 0 Å². The Kier molecular flexibility index (Phi) is 5.52. The second-order valence-corrected chi connectivity index (χ2v) is 4.67. The van der Waals surface area contributed by atoms with Gasteiger partial charge in [0, 0.05) is 19.1 Å². The first kappa shape index (κ1) is 13.7. The van der Waals surface area contributed by atoms with Crippen LogP contribution in [0.4, 0.5) is 0 Å². The molecule has 2 unspecified atom stereocenters. The van der Waals surface area contributed by atoms with Crippen molar-refractivity contribution >= 4 is 18.3 Å². The van der Waals surface area contributed by atoms with Crippen molar-refractivity contribution in [2.45, 2.75) is 38.3 Å². The van der Waals surface area contributed by atoms with Crippen LogP contribution in [0.5, 0.6) is 0 Å². The van der Waals surface area contributed by atoms with Gasteiger partial charge in [0.05, 0.1) is 6.10 Å². The lowest BCUT2D eigenvalue weighted by molar-refractivity contribution is -0.129. The van der Waals surface area contributed by atoms with E-state index < -0.39 is 0 Å². The number of hydrogen-bond acceptors (Lipinski definition) is 3. The normalized spacial score (nSPS) is 29.3. The molecule has 0 radical (unpaired) electrons. The Labute approximate surface area is 103 Å². The maximum Gasteiger partial charge on any atom is 0.246 e. The van der Waals surface area contributed by atoms with Gasteiger partial charge in [-0.1, -0.05) is 13.3 Å². The number of rotatable bonds is 4. The third-order valence-electron chi connectivity index (χ3n) is 3.40. The maximum absolute atomic E-state index is 11.5. The van der Waals surface area contributed by atoms with Crippen molar-refractivity contribution in [3.05, 3.63) is 0 Å². The lowest BCUT2D eigenvalue weighted by Crippen LogP contribution is -2.50. The van der Waals surface area contributed by atoms with Gasteiger partial charge in [-0.2, -0.15) is 0 Å². The molecule has 2 aliphatic rings. The van der Waals surface area contributed by atoms with Gasteiger partial charge in [-0.15, -0.1) is 12.4 Å². The van der Waals surface area contributed by atoms with E-state index in [0.717, 1.165) is 19.5 Å². The minimum absolute atomic E-state index is 0. The zero-order valence-electron chi connectivity index (χ0n) is 9.70. The van der Waals surface area contributed by atoms with Crippen LogP contribution in [0.3, 0.4) is 0 Å². The molecular formula is C11H21ClN2O2. The molecule has 2 atom stereocenters. The molecule has 2 N–H and O–H groups in total. The SMILES string of the molecule is CC1CCCC1NC(=O)COC1CNC1.Cl. The van der Waals surface area contributed by atoms with Gasteiger partial charge in [-0.05, 0) is 18.8 Å². The van der Waals surface area contributed by atoms with Crippen LogP contribution in [0.1, 0.15) is 26.2 Å². The minimum Gasteiger partial charge on any atom is -0.366 e. The van der Waals surface area contributed by atoms with Gasteiger partial charge in [0.1, 0.15) is 6.61 Å². The van der Waals surface area contributed by atoms with E-state index in [1.165, 1.54) is 12.8 Å². The summed E-state index contributed by atoms with van der Waals surface area (Å²) in [7, 11) is 0. The summed E-state index contributed by atoms with van der Waals surface area (Å²) in [5, 5.41) is 6.16. The average molecular weight is 249 g/mol. The van der Waals surface area contributed by atoms with Gasteiger partial charge in [0.15, 0.2) is 0 Å². The highest BCUT2D eigenvalue weighted by molar-refractivity contribution is 5.85. The number of nitrogens with one attached hydrogen (secondary N) is 2. The van der Waals surface area contributed by atoms with Crippen molar-refractivity contribution in [2.75, 3.05) is 19.7 Å². The monoisotopic (exact) mass is 248 g/mol. The molecule has 2 rings (SSSR count). The molecule has 1 aliphatic heterocycles. The summed E-state index contributed by atoms with van der Waals surface area (Å²) in [6, 6.07) is 0.376. The Morgan fingerprint density at radius 1 is 1.44 bits per heavy atom. The second-order valence-electron chi connectivity index (χ2n) is 4.67. The number of carbonyl (C=O) groups is 1. The fraction of sp³-hybridized carbons (Fsp3) is 0.909. The van der Waals surface area contributed by atoms with Gasteiger partial charge < -0.3 is 15.4 Å². The predicted octanol–water partition coefficient (Wildman–Crippen LogP) is 0.701. The molecule has 5 heteroatoms. The minimum atomic E-state index is 0. The molecule has 4 nitrogen and oxygen atoms in total. The Bertz CT molecular complexity index is 234. The summed E-state index contributed by atoms with van der Waals surface area (Å²) in [6.07, 6.45) is 3.84. The van der Waals surface area contributed by atoms with Gasteiger partial charge in [-0.3, -0.25) is 4.79 Å². The van der Waals surface area contributed by atoms with E-state index in [-0.39, 0.29) is 31.0 Å². The lowest BCUT2D eigenvalue weighted by atomic mass is 10.1. The van der Waals surface area contributed by atoms with Crippen molar-refractivity contribution in [1.82, 2.24) is 10.6 Å². The molecule has 1 aliphatic carbocycles. The molecule has 0 bridgehead atoms. The van der Waals surface area contributed by atoms with Crippen LogP contribution in [-0.4, -0.2) is 37.7 Å². The molecule has 1 saturated carbocycles. The molecule has 1 amide bonds. The van der Waals surface area contributed by atoms with E-state index in [9.17, 15) is 4.79 Å². The van der Waals surface area contributed by atoms with Gasteiger partial charge in [0.25, 0.3) is 0 Å². The van der Waals surface area contributed by atoms with Crippen molar-refractivity contribution in [1.29, 1.82) is 0 Å². The first-order valence-electron chi connectivity index (χ1n) is 5.87. The van der Waals surface area contributed by atoms with Crippen LogP contribution in [0.15, 0.2) is 0 Å². The molecule has 0 aromatic rings. The van der Waals surface area contributed by atoms with E-state index in [4.69, 9.17) is 4.74 Å². The largest absolute Gasteiger partial charge is 0.366 e. The second kappa shape index (κ2) is 6.42. The van der Waals surface area contributed by atoms with E-state index >= 15 is 0 Å². The molecule has 2 fully saturated rings. The Hall–Kier alpha value is -0.320. The molecule has 0 spiro atoms. The molecule has 16 heavy (non-hydrogen) atoms. The van der Waals surface area contributed by atoms with Crippen LogP contribution in [-0.2, 0) is 9.53 Å². The third kappa shape index (κ3) is 3.61. The number of amides is 1. The molecule has 94 valence electrons. The highest BCUT2D eigenvalue weighted by atomic mass is 35.5. The number of halogens is 1. The number of carbonyl (C=O) groups excluding carboxylic acids is 1. The van der Waals surface area contributed by atoms with Crippen LogP contribution >= 0.6 is 12.4 Å². The van der Waals surface area contributed by atoms with Gasteiger partial charge >= 0.3 is 0 Å². The Balaban J connectivity index is 0.00000128. The number of hydrogen-bond donors (Lipinski definition) is 2. The predicted molar refractivity (Wildman–Crippen MR) is 64.8 cm³/mol. The topological polar surface area (TPSA) is 50.4 Å². The van der Waals surface area contributed by atoms with E-state index in [1.807, 2.05) is 0 Å². The highest BCUT2D eigenvalue weighted by Crippen LogP contribution is 2.24. The fourth-order valence-corrected chi connectivity index (χ4v) is 2.18. The Morgan fingerprint density at radius 2 is 2.19 bits per heavy atom. The average Bonchev–Trinajstić information content (AvgIpc) is 2.49. The Morgan fingerprint density at radius 3 is 2.69 bits per heavy atom. The van der Waals surface area contributed by atoms with Crippen molar-refractivity contribution in [3.63, 3.8) is 0 Å². The van der Waals surface area contributed by atoms with Crippen LogP contribution in [0, 0.1) is 5.92 Å². The first-order chi connectivity index (χ1) is 7.25. The molecule has 0 aromatic heterocycles. The summed E-state index contributed by atoms with van der Waals surface area (Å²) >= 11 is 0. The molecule has 1 heterocycles. The third-order valence-corrected chi connectivity index (χ3v) is 3.40. The maximum atomic E-state index is 11.5. The van der Waals surface area contributed by atoms with E-state index in [2.05, 4.69) is 17.6 Å². The molecule has 1 saturated heterocycles. The molecular weight excluding hydrogens is 228 g/mol. The van der Waals surface area contributed by atoms with Gasteiger partial charge in [0.2, 0.25) is 5.91 Å². The zero-order chi connectivity index (χ0) is 10.7. The fourth-order valence-electron chi connectivity index (χ4n) is 2.18. The zero-order valence-corrected chi connectivity index (χ0v) is 10.5. The lowest BCUT2D eigenvalue weighted by Gasteiger charge is -2.27. The van der Waals surface area contributed by atoms with Crippen LogP contribution in [0.2, 0.25) is 0 Å². The van der Waals surface area contributed by atoms with Crippen molar-refractivity contribution < 1.29 is 9.53 Å². The first-order valence-corrected chi connectivity index (χ1v) is 5.87. The summed E-state index contributed by atoms with van der Waals surface area (Å²) in [5.74, 6) is 0.667. The summed E-state index contributed by atoms with van der Waals surface area (Å²) in [5.41, 5.74) is 0. The van der Waals surface area contributed by atoms with Crippen molar-refractivity contribution in [3.8, 4) is 0 Å².